The Morgan fingerprint density at radius 2 is 1.83 bits per heavy atom. The first kappa shape index (κ1) is 19.8. The second-order valence-corrected chi connectivity index (χ2v) is 7.35. The van der Waals surface area contributed by atoms with Gasteiger partial charge in [0.15, 0.2) is 5.82 Å². The molecular formula is C23H25N5O2. The summed E-state index contributed by atoms with van der Waals surface area (Å²) in [5.74, 6) is 2.13. The molecular weight excluding hydrogens is 378 g/mol. The van der Waals surface area contributed by atoms with Gasteiger partial charge in [0.1, 0.15) is 11.5 Å². The van der Waals surface area contributed by atoms with Gasteiger partial charge in [-0.3, -0.25) is 15.2 Å². The zero-order chi connectivity index (χ0) is 20.8. The van der Waals surface area contributed by atoms with E-state index >= 15 is 0 Å². The van der Waals surface area contributed by atoms with Crippen molar-refractivity contribution < 1.29 is 9.53 Å². The van der Waals surface area contributed by atoms with Gasteiger partial charge in [-0.1, -0.05) is 29.8 Å². The van der Waals surface area contributed by atoms with Crippen LogP contribution in [0.1, 0.15) is 11.1 Å². The number of aromatic nitrogens is 2. The van der Waals surface area contributed by atoms with E-state index in [0.29, 0.717) is 18.9 Å². The molecule has 30 heavy (non-hydrogen) atoms. The molecule has 1 aliphatic heterocycles. The third-order valence-corrected chi connectivity index (χ3v) is 5.02. The van der Waals surface area contributed by atoms with Crippen molar-refractivity contribution in [3.8, 4) is 11.5 Å². The lowest BCUT2D eigenvalue weighted by Gasteiger charge is -2.34. The predicted octanol–water partition coefficient (Wildman–Crippen LogP) is 3.93. The smallest absolute Gasteiger partial charge is 0.323 e. The Balaban J connectivity index is 1.28. The van der Waals surface area contributed by atoms with Crippen LogP contribution in [-0.4, -0.2) is 52.0 Å². The van der Waals surface area contributed by atoms with Gasteiger partial charge in [0.25, 0.3) is 0 Å². The van der Waals surface area contributed by atoms with Crippen LogP contribution in [0.4, 0.5) is 10.6 Å². The number of nitrogens with one attached hydrogen (secondary N) is 1. The van der Waals surface area contributed by atoms with Crippen molar-refractivity contribution in [1.82, 2.24) is 19.8 Å². The lowest BCUT2D eigenvalue weighted by Crippen LogP contribution is -2.49. The third kappa shape index (κ3) is 5.33. The highest BCUT2D eigenvalue weighted by atomic mass is 16.5. The van der Waals surface area contributed by atoms with E-state index in [9.17, 15) is 4.79 Å². The minimum atomic E-state index is -0.136. The van der Waals surface area contributed by atoms with Crippen LogP contribution < -0.4 is 10.1 Å². The number of anilines is 1. The molecule has 1 aromatic heterocycles. The molecule has 7 heteroatoms. The summed E-state index contributed by atoms with van der Waals surface area (Å²) in [6, 6.07) is 16.1. The molecule has 3 aromatic rings. The number of ether oxygens (including phenoxy) is 1. The number of urea groups is 1. The fourth-order valence-electron chi connectivity index (χ4n) is 3.37. The molecule has 154 valence electrons. The van der Waals surface area contributed by atoms with Gasteiger partial charge in [0, 0.05) is 45.1 Å². The van der Waals surface area contributed by atoms with E-state index in [1.807, 2.05) is 41.3 Å². The number of hydrogen-bond acceptors (Lipinski definition) is 5. The number of rotatable bonds is 5. The standard InChI is InChI=1S/C23H25N5O2/c1-18-5-7-20(8-6-18)30-21-4-2-3-19(15-21)17-27-11-13-28(14-12-27)23(29)26-22-16-24-9-10-25-22/h2-10,15-16H,11-14,17H2,1H3,(H,25,26,29). The maximum absolute atomic E-state index is 12.4. The summed E-state index contributed by atoms with van der Waals surface area (Å²) in [7, 11) is 0. The van der Waals surface area contributed by atoms with Crippen LogP contribution >= 0.6 is 0 Å². The third-order valence-electron chi connectivity index (χ3n) is 5.02. The Kier molecular flexibility index (Phi) is 6.20. The molecule has 1 N–H and O–H groups in total. The van der Waals surface area contributed by atoms with Crippen molar-refractivity contribution in [2.45, 2.75) is 13.5 Å². The number of amides is 2. The highest BCUT2D eigenvalue weighted by molar-refractivity contribution is 5.88. The van der Waals surface area contributed by atoms with Crippen LogP contribution in [0.15, 0.2) is 67.1 Å². The summed E-state index contributed by atoms with van der Waals surface area (Å²) >= 11 is 0. The highest BCUT2D eigenvalue weighted by Crippen LogP contribution is 2.23. The van der Waals surface area contributed by atoms with E-state index < -0.39 is 0 Å². The lowest BCUT2D eigenvalue weighted by atomic mass is 10.2. The Hall–Kier alpha value is -3.45. The number of aryl methyl sites for hydroxylation is 1. The van der Waals surface area contributed by atoms with Gasteiger partial charge in [-0.05, 0) is 36.8 Å². The van der Waals surface area contributed by atoms with E-state index in [-0.39, 0.29) is 6.03 Å². The van der Waals surface area contributed by atoms with Gasteiger partial charge >= 0.3 is 6.03 Å². The Morgan fingerprint density at radius 1 is 1.03 bits per heavy atom. The van der Waals surface area contributed by atoms with E-state index in [4.69, 9.17) is 4.74 Å². The topological polar surface area (TPSA) is 70.6 Å². The molecule has 2 heterocycles. The molecule has 0 atom stereocenters. The van der Waals surface area contributed by atoms with Crippen molar-refractivity contribution in [3.63, 3.8) is 0 Å². The van der Waals surface area contributed by atoms with Crippen LogP contribution in [-0.2, 0) is 6.54 Å². The molecule has 0 aliphatic carbocycles. The van der Waals surface area contributed by atoms with Gasteiger partial charge in [0.05, 0.1) is 6.20 Å². The van der Waals surface area contributed by atoms with Gasteiger partial charge in [-0.15, -0.1) is 0 Å². The number of carbonyl (C=O) groups is 1. The summed E-state index contributed by atoms with van der Waals surface area (Å²) in [4.78, 5) is 24.6. The largest absolute Gasteiger partial charge is 0.457 e. The predicted molar refractivity (Wildman–Crippen MR) is 116 cm³/mol. The minimum absolute atomic E-state index is 0.136. The average molecular weight is 403 g/mol. The molecule has 0 bridgehead atoms. The van der Waals surface area contributed by atoms with Crippen molar-refractivity contribution >= 4 is 11.8 Å². The molecule has 4 rings (SSSR count). The maximum Gasteiger partial charge on any atom is 0.323 e. The van der Waals surface area contributed by atoms with Crippen molar-refractivity contribution in [2.24, 2.45) is 0 Å². The summed E-state index contributed by atoms with van der Waals surface area (Å²) in [5, 5.41) is 2.79. The maximum atomic E-state index is 12.4. The number of nitrogens with zero attached hydrogens (tertiary/aromatic N) is 4. The first-order chi connectivity index (χ1) is 14.7. The zero-order valence-electron chi connectivity index (χ0n) is 17.0. The first-order valence-electron chi connectivity index (χ1n) is 10.0. The van der Waals surface area contributed by atoms with E-state index in [1.165, 1.54) is 11.1 Å². The molecule has 1 aliphatic rings. The number of benzene rings is 2. The van der Waals surface area contributed by atoms with E-state index in [2.05, 4.69) is 39.2 Å². The molecule has 0 unspecified atom stereocenters. The Labute approximate surface area is 176 Å². The molecule has 7 nitrogen and oxygen atoms in total. The minimum Gasteiger partial charge on any atom is -0.457 e. The van der Waals surface area contributed by atoms with Gasteiger partial charge in [0.2, 0.25) is 0 Å². The lowest BCUT2D eigenvalue weighted by molar-refractivity contribution is 0.143. The molecule has 0 saturated carbocycles. The van der Waals surface area contributed by atoms with E-state index in [0.717, 1.165) is 31.1 Å². The second-order valence-electron chi connectivity index (χ2n) is 7.35. The van der Waals surface area contributed by atoms with Crippen molar-refractivity contribution in [1.29, 1.82) is 0 Å². The van der Waals surface area contributed by atoms with Crippen LogP contribution in [0.2, 0.25) is 0 Å². The first-order valence-corrected chi connectivity index (χ1v) is 10.0. The molecule has 0 spiro atoms. The van der Waals surface area contributed by atoms with Crippen molar-refractivity contribution in [3.05, 3.63) is 78.2 Å². The molecule has 2 amide bonds. The summed E-state index contributed by atoms with van der Waals surface area (Å²) in [5.41, 5.74) is 2.40. The fraction of sp³-hybridized carbons (Fsp3) is 0.261. The summed E-state index contributed by atoms with van der Waals surface area (Å²) in [6.45, 7) is 5.86. The van der Waals surface area contributed by atoms with E-state index in [1.54, 1.807) is 18.6 Å². The Bertz CT molecular complexity index is 970. The van der Waals surface area contributed by atoms with Gasteiger partial charge < -0.3 is 9.64 Å². The van der Waals surface area contributed by atoms with Gasteiger partial charge in [-0.2, -0.15) is 0 Å². The second kappa shape index (κ2) is 9.37. The van der Waals surface area contributed by atoms with Gasteiger partial charge in [-0.25, -0.2) is 9.78 Å². The van der Waals surface area contributed by atoms with Crippen LogP contribution in [0, 0.1) is 6.92 Å². The normalized spacial score (nSPS) is 14.4. The molecule has 1 saturated heterocycles. The molecule has 0 radical (unpaired) electrons. The van der Waals surface area contributed by atoms with Crippen LogP contribution in [0.3, 0.4) is 0 Å². The number of hydrogen-bond donors (Lipinski definition) is 1. The molecule has 1 fully saturated rings. The van der Waals surface area contributed by atoms with Crippen LogP contribution in [0.5, 0.6) is 11.5 Å². The SMILES string of the molecule is Cc1ccc(Oc2cccc(CN3CCN(C(=O)Nc4cnccn4)CC3)c2)cc1. The Morgan fingerprint density at radius 3 is 2.57 bits per heavy atom. The monoisotopic (exact) mass is 403 g/mol. The van der Waals surface area contributed by atoms with Crippen LogP contribution in [0.25, 0.3) is 0 Å². The summed E-state index contributed by atoms with van der Waals surface area (Å²) < 4.78 is 5.98. The number of carbonyl (C=O) groups excluding carboxylic acids is 1. The fourth-order valence-corrected chi connectivity index (χ4v) is 3.37. The average Bonchev–Trinajstić information content (AvgIpc) is 2.77. The summed E-state index contributed by atoms with van der Waals surface area (Å²) in [6.07, 6.45) is 4.68. The number of piperazine rings is 1. The molecule has 2 aromatic carbocycles. The zero-order valence-corrected chi connectivity index (χ0v) is 17.0. The highest BCUT2D eigenvalue weighted by Gasteiger charge is 2.21. The van der Waals surface area contributed by atoms with Crippen molar-refractivity contribution in [2.75, 3.05) is 31.5 Å². The quantitative estimate of drug-likeness (QED) is 0.699.